The van der Waals surface area contributed by atoms with Gasteiger partial charge in [0.15, 0.2) is 5.43 Å². The summed E-state index contributed by atoms with van der Waals surface area (Å²) in [6.45, 7) is 0. The Labute approximate surface area is 125 Å². The second kappa shape index (κ2) is 5.65. The molecule has 0 aliphatic heterocycles. The van der Waals surface area contributed by atoms with Gasteiger partial charge in [-0.25, -0.2) is 4.79 Å². The van der Waals surface area contributed by atoms with Crippen LogP contribution in [0.1, 0.15) is 21.7 Å². The maximum Gasteiger partial charge on any atom is 0.335 e. The lowest BCUT2D eigenvalue weighted by molar-refractivity contribution is 0.0697. The molecule has 0 aliphatic carbocycles. The molecule has 1 aromatic carbocycles. The van der Waals surface area contributed by atoms with Crippen molar-refractivity contribution < 1.29 is 14.3 Å². The summed E-state index contributed by atoms with van der Waals surface area (Å²) >= 11 is 0. The minimum atomic E-state index is -1.08. The Morgan fingerprint density at radius 3 is 2.77 bits per heavy atom. The van der Waals surface area contributed by atoms with Gasteiger partial charge in [0.05, 0.1) is 10.9 Å². The first-order valence-corrected chi connectivity index (χ1v) is 6.53. The van der Waals surface area contributed by atoms with Gasteiger partial charge in [0.25, 0.3) is 0 Å². The number of hydrogen-bond acceptors (Lipinski definition) is 4. The number of carboxylic acid groups (broad SMARTS) is 1. The molecule has 22 heavy (non-hydrogen) atoms. The van der Waals surface area contributed by atoms with Crippen LogP contribution >= 0.6 is 0 Å². The van der Waals surface area contributed by atoms with Crippen molar-refractivity contribution in [1.29, 1.82) is 0 Å². The van der Waals surface area contributed by atoms with Crippen LogP contribution in [0, 0.1) is 0 Å². The van der Waals surface area contributed by atoms with Gasteiger partial charge in [0.1, 0.15) is 11.3 Å². The number of aromatic carboxylic acids is 1. The lowest BCUT2D eigenvalue weighted by Crippen LogP contribution is -2.03. The van der Waals surface area contributed by atoms with Crippen LogP contribution in [0.5, 0.6) is 0 Å². The van der Waals surface area contributed by atoms with E-state index in [1.165, 1.54) is 24.3 Å². The van der Waals surface area contributed by atoms with E-state index >= 15 is 0 Å². The van der Waals surface area contributed by atoms with Crippen molar-refractivity contribution in [3.05, 3.63) is 75.9 Å². The SMILES string of the molecule is O=C(O)c1ccc2oc(C=Cc3cccnc3)cc(=O)c2c1. The smallest absolute Gasteiger partial charge is 0.335 e. The minimum absolute atomic E-state index is 0.0541. The lowest BCUT2D eigenvalue weighted by Gasteiger charge is -2.00. The number of carbonyl (C=O) groups is 1. The van der Waals surface area contributed by atoms with Crippen molar-refractivity contribution in [2.45, 2.75) is 0 Å². The van der Waals surface area contributed by atoms with Gasteiger partial charge in [0.2, 0.25) is 0 Å². The fraction of sp³-hybridized carbons (Fsp3) is 0. The zero-order valence-electron chi connectivity index (χ0n) is 11.4. The molecule has 3 rings (SSSR count). The average molecular weight is 293 g/mol. The highest BCUT2D eigenvalue weighted by molar-refractivity contribution is 5.92. The highest BCUT2D eigenvalue weighted by atomic mass is 16.4. The highest BCUT2D eigenvalue weighted by Crippen LogP contribution is 2.16. The Hall–Kier alpha value is -3.21. The minimum Gasteiger partial charge on any atom is -0.478 e. The molecule has 3 aromatic rings. The lowest BCUT2D eigenvalue weighted by atomic mass is 10.1. The first-order chi connectivity index (χ1) is 10.6. The number of pyridine rings is 1. The molecule has 0 unspecified atom stereocenters. The van der Waals surface area contributed by atoms with E-state index in [4.69, 9.17) is 9.52 Å². The molecular weight excluding hydrogens is 282 g/mol. The van der Waals surface area contributed by atoms with Crippen molar-refractivity contribution in [1.82, 2.24) is 4.98 Å². The molecule has 0 bridgehead atoms. The van der Waals surface area contributed by atoms with Crippen molar-refractivity contribution in [3.63, 3.8) is 0 Å². The van der Waals surface area contributed by atoms with E-state index in [-0.39, 0.29) is 16.4 Å². The maximum absolute atomic E-state index is 12.1. The summed E-state index contributed by atoms with van der Waals surface area (Å²) in [4.78, 5) is 27.0. The standard InChI is InChI=1S/C17H11NO4/c19-15-9-13(5-3-11-2-1-7-18-10-11)22-16-6-4-12(17(20)21)8-14(15)16/h1-10H,(H,20,21). The number of carboxylic acids is 1. The summed E-state index contributed by atoms with van der Waals surface area (Å²) in [6, 6.07) is 9.23. The molecular formula is C17H11NO4. The van der Waals surface area contributed by atoms with Gasteiger partial charge in [-0.1, -0.05) is 6.07 Å². The van der Waals surface area contributed by atoms with Gasteiger partial charge >= 0.3 is 5.97 Å². The van der Waals surface area contributed by atoms with Crippen LogP contribution in [0.15, 0.2) is 58.0 Å². The second-order valence-electron chi connectivity index (χ2n) is 4.65. The monoisotopic (exact) mass is 293 g/mol. The molecule has 0 amide bonds. The molecule has 108 valence electrons. The topological polar surface area (TPSA) is 80.4 Å². The van der Waals surface area contributed by atoms with Gasteiger partial charge in [-0.15, -0.1) is 0 Å². The van der Waals surface area contributed by atoms with Crippen molar-refractivity contribution in [2.75, 3.05) is 0 Å². The molecule has 0 fully saturated rings. The van der Waals surface area contributed by atoms with Crippen LogP contribution in [-0.4, -0.2) is 16.1 Å². The van der Waals surface area contributed by atoms with Gasteiger partial charge in [-0.05, 0) is 42.0 Å². The fourth-order valence-corrected chi connectivity index (χ4v) is 2.04. The average Bonchev–Trinajstić information content (AvgIpc) is 2.53. The van der Waals surface area contributed by atoms with Crippen LogP contribution in [0.3, 0.4) is 0 Å². The van der Waals surface area contributed by atoms with E-state index < -0.39 is 5.97 Å². The summed E-state index contributed by atoms with van der Waals surface area (Å²) < 4.78 is 5.60. The Morgan fingerprint density at radius 2 is 2.05 bits per heavy atom. The third kappa shape index (κ3) is 2.78. The quantitative estimate of drug-likeness (QED) is 0.802. The molecule has 0 saturated carbocycles. The van der Waals surface area contributed by atoms with Gasteiger partial charge in [-0.2, -0.15) is 0 Å². The number of benzene rings is 1. The highest BCUT2D eigenvalue weighted by Gasteiger charge is 2.08. The number of aromatic nitrogens is 1. The van der Waals surface area contributed by atoms with E-state index in [9.17, 15) is 9.59 Å². The Bertz CT molecular complexity index is 926. The molecule has 0 atom stereocenters. The summed E-state index contributed by atoms with van der Waals surface area (Å²) in [5, 5.41) is 9.20. The predicted octanol–water partition coefficient (Wildman–Crippen LogP) is 3.06. The summed E-state index contributed by atoms with van der Waals surface area (Å²) in [6.07, 6.45) is 6.81. The van der Waals surface area contributed by atoms with Crippen molar-refractivity contribution in [3.8, 4) is 0 Å². The Kier molecular flexibility index (Phi) is 3.53. The summed E-state index contributed by atoms with van der Waals surface area (Å²) in [7, 11) is 0. The van der Waals surface area contributed by atoms with E-state index in [1.807, 2.05) is 12.1 Å². The van der Waals surface area contributed by atoms with E-state index in [2.05, 4.69) is 4.98 Å². The molecule has 5 heteroatoms. The first kappa shape index (κ1) is 13.8. The Morgan fingerprint density at radius 1 is 1.18 bits per heavy atom. The fourth-order valence-electron chi connectivity index (χ4n) is 2.04. The van der Waals surface area contributed by atoms with Crippen LogP contribution < -0.4 is 5.43 Å². The molecule has 2 aromatic heterocycles. The van der Waals surface area contributed by atoms with Crippen molar-refractivity contribution >= 4 is 29.1 Å². The second-order valence-corrected chi connectivity index (χ2v) is 4.65. The first-order valence-electron chi connectivity index (χ1n) is 6.53. The largest absolute Gasteiger partial charge is 0.478 e. The number of rotatable bonds is 3. The van der Waals surface area contributed by atoms with E-state index in [0.717, 1.165) is 5.56 Å². The maximum atomic E-state index is 12.1. The number of fused-ring (bicyclic) bond motifs is 1. The van der Waals surface area contributed by atoms with Gasteiger partial charge in [0, 0.05) is 18.5 Å². The van der Waals surface area contributed by atoms with Gasteiger partial charge in [-0.3, -0.25) is 9.78 Å². The van der Waals surface area contributed by atoms with Gasteiger partial charge < -0.3 is 9.52 Å². The third-order valence-electron chi connectivity index (χ3n) is 3.12. The molecule has 0 saturated heterocycles. The molecule has 0 radical (unpaired) electrons. The predicted molar refractivity (Wildman–Crippen MR) is 82.6 cm³/mol. The zero-order valence-corrected chi connectivity index (χ0v) is 11.4. The molecule has 1 N–H and O–H groups in total. The van der Waals surface area contributed by atoms with Crippen LogP contribution in [0.25, 0.3) is 23.1 Å². The van der Waals surface area contributed by atoms with Crippen molar-refractivity contribution in [2.24, 2.45) is 0 Å². The van der Waals surface area contributed by atoms with Crippen LogP contribution in [0.4, 0.5) is 0 Å². The normalized spacial score (nSPS) is 11.1. The van der Waals surface area contributed by atoms with E-state index in [0.29, 0.717) is 11.3 Å². The molecule has 2 heterocycles. The summed E-state index contributed by atoms with van der Waals surface area (Å²) in [5.74, 6) is -0.689. The molecule has 5 nitrogen and oxygen atoms in total. The Balaban J connectivity index is 2.03. The third-order valence-corrected chi connectivity index (χ3v) is 3.12. The molecule has 0 spiro atoms. The summed E-state index contributed by atoms with van der Waals surface area (Å²) in [5.41, 5.74) is 1.00. The molecule has 0 aliphatic rings. The zero-order chi connectivity index (χ0) is 15.5. The number of hydrogen-bond donors (Lipinski definition) is 1. The van der Waals surface area contributed by atoms with Crippen LogP contribution in [0.2, 0.25) is 0 Å². The van der Waals surface area contributed by atoms with E-state index in [1.54, 1.807) is 24.5 Å². The number of nitrogens with zero attached hydrogens (tertiary/aromatic N) is 1. The van der Waals surface area contributed by atoms with Crippen LogP contribution in [-0.2, 0) is 0 Å².